The van der Waals surface area contributed by atoms with Crippen molar-refractivity contribution in [1.82, 2.24) is 4.90 Å². The van der Waals surface area contributed by atoms with Gasteiger partial charge in [0.2, 0.25) is 0 Å². The van der Waals surface area contributed by atoms with Crippen LogP contribution >= 0.6 is 0 Å². The molecular weight excluding hydrogens is 240 g/mol. The summed E-state index contributed by atoms with van der Waals surface area (Å²) >= 11 is 0. The maximum atomic E-state index is 9.87. The Bertz CT molecular complexity index is 272. The van der Waals surface area contributed by atoms with E-state index in [1.54, 1.807) is 0 Å². The van der Waals surface area contributed by atoms with Crippen LogP contribution in [0.3, 0.4) is 0 Å². The maximum Gasteiger partial charge on any atom is 0.0760 e. The Labute approximate surface area is 118 Å². The molecule has 1 rings (SSSR count). The van der Waals surface area contributed by atoms with E-state index in [2.05, 4.69) is 32.6 Å². The second kappa shape index (κ2) is 6.08. The lowest BCUT2D eigenvalue weighted by molar-refractivity contribution is -0.180. The fraction of sp³-hybridized carbons (Fsp3) is 1.00. The number of morpholine rings is 1. The van der Waals surface area contributed by atoms with Crippen LogP contribution in [0.15, 0.2) is 0 Å². The van der Waals surface area contributed by atoms with E-state index >= 15 is 0 Å². The summed E-state index contributed by atoms with van der Waals surface area (Å²) in [6.07, 6.45) is 2.89. The van der Waals surface area contributed by atoms with E-state index in [1.807, 2.05) is 6.92 Å². The predicted molar refractivity (Wildman–Crippen MR) is 79.2 cm³/mol. The molecule has 1 saturated heterocycles. The van der Waals surface area contributed by atoms with Crippen LogP contribution in [0, 0.1) is 0 Å². The van der Waals surface area contributed by atoms with Gasteiger partial charge in [-0.2, -0.15) is 0 Å². The van der Waals surface area contributed by atoms with Gasteiger partial charge in [0.15, 0.2) is 0 Å². The molecule has 0 saturated carbocycles. The molecule has 114 valence electrons. The second-order valence-electron chi connectivity index (χ2n) is 7.49. The standard InChI is InChI=1S/C15H32N2O2/c1-13(2)11-17(12-14(3,4)19-13)9-7-6-8-15(5,18)10-16/h18H,6-12,16H2,1-5H3. The van der Waals surface area contributed by atoms with Gasteiger partial charge in [-0.1, -0.05) is 0 Å². The van der Waals surface area contributed by atoms with Crippen LogP contribution < -0.4 is 5.73 Å². The van der Waals surface area contributed by atoms with Crippen molar-refractivity contribution in [2.45, 2.75) is 70.7 Å². The molecule has 1 heterocycles. The van der Waals surface area contributed by atoms with Crippen molar-refractivity contribution >= 4 is 0 Å². The molecule has 1 aliphatic heterocycles. The second-order valence-corrected chi connectivity index (χ2v) is 7.49. The van der Waals surface area contributed by atoms with Crippen molar-refractivity contribution in [3.63, 3.8) is 0 Å². The average molecular weight is 272 g/mol. The normalized spacial score (nSPS) is 26.1. The lowest BCUT2D eigenvalue weighted by Crippen LogP contribution is -2.57. The molecule has 0 aromatic rings. The first-order chi connectivity index (χ1) is 8.55. The first kappa shape index (κ1) is 16.9. The van der Waals surface area contributed by atoms with Crippen LogP contribution in [0.2, 0.25) is 0 Å². The summed E-state index contributed by atoms with van der Waals surface area (Å²) in [6, 6.07) is 0. The smallest absolute Gasteiger partial charge is 0.0760 e. The Morgan fingerprint density at radius 1 is 1.16 bits per heavy atom. The summed E-state index contributed by atoms with van der Waals surface area (Å²) in [4.78, 5) is 2.47. The van der Waals surface area contributed by atoms with E-state index in [4.69, 9.17) is 10.5 Å². The Kier molecular flexibility index (Phi) is 5.41. The first-order valence-electron chi connectivity index (χ1n) is 7.40. The van der Waals surface area contributed by atoms with Crippen molar-refractivity contribution in [2.24, 2.45) is 5.73 Å². The van der Waals surface area contributed by atoms with Crippen molar-refractivity contribution < 1.29 is 9.84 Å². The average Bonchev–Trinajstić information content (AvgIpc) is 2.20. The Balaban J connectivity index is 2.33. The van der Waals surface area contributed by atoms with E-state index in [0.29, 0.717) is 6.54 Å². The summed E-state index contributed by atoms with van der Waals surface area (Å²) in [7, 11) is 0. The van der Waals surface area contributed by atoms with Gasteiger partial charge in [0.25, 0.3) is 0 Å². The third-order valence-corrected chi connectivity index (χ3v) is 3.64. The van der Waals surface area contributed by atoms with Gasteiger partial charge in [-0.05, 0) is 60.4 Å². The molecule has 0 amide bonds. The lowest BCUT2D eigenvalue weighted by atomic mass is 9.97. The highest BCUT2D eigenvalue weighted by atomic mass is 16.5. The highest BCUT2D eigenvalue weighted by Gasteiger charge is 2.37. The van der Waals surface area contributed by atoms with Crippen molar-refractivity contribution in [3.8, 4) is 0 Å². The van der Waals surface area contributed by atoms with Gasteiger partial charge in [0, 0.05) is 19.6 Å². The summed E-state index contributed by atoms with van der Waals surface area (Å²) in [5.41, 5.74) is 4.66. The van der Waals surface area contributed by atoms with Crippen LogP contribution in [-0.4, -0.2) is 53.0 Å². The molecule has 0 radical (unpaired) electrons. The zero-order chi connectivity index (χ0) is 14.7. The molecule has 1 atom stereocenters. The molecule has 0 aromatic carbocycles. The number of hydrogen-bond donors (Lipinski definition) is 2. The Morgan fingerprint density at radius 3 is 2.16 bits per heavy atom. The highest BCUT2D eigenvalue weighted by Crippen LogP contribution is 2.28. The Hall–Kier alpha value is -0.160. The quantitative estimate of drug-likeness (QED) is 0.723. The monoisotopic (exact) mass is 272 g/mol. The molecule has 19 heavy (non-hydrogen) atoms. The van der Waals surface area contributed by atoms with E-state index < -0.39 is 5.60 Å². The number of nitrogens with two attached hydrogens (primary N) is 1. The van der Waals surface area contributed by atoms with E-state index in [-0.39, 0.29) is 11.2 Å². The molecule has 4 nitrogen and oxygen atoms in total. The van der Waals surface area contributed by atoms with Gasteiger partial charge < -0.3 is 15.6 Å². The minimum atomic E-state index is -0.705. The number of rotatable bonds is 6. The highest BCUT2D eigenvalue weighted by molar-refractivity contribution is 4.89. The van der Waals surface area contributed by atoms with Gasteiger partial charge in [-0.15, -0.1) is 0 Å². The number of hydrogen-bond acceptors (Lipinski definition) is 4. The molecule has 0 bridgehead atoms. The van der Waals surface area contributed by atoms with Crippen LogP contribution in [0.5, 0.6) is 0 Å². The number of unbranched alkanes of at least 4 members (excludes halogenated alkanes) is 1. The van der Waals surface area contributed by atoms with E-state index in [0.717, 1.165) is 38.9 Å². The predicted octanol–water partition coefficient (Wildman–Crippen LogP) is 1.76. The molecule has 3 N–H and O–H groups in total. The molecule has 1 aliphatic rings. The summed E-state index contributed by atoms with van der Waals surface area (Å²) < 4.78 is 6.07. The van der Waals surface area contributed by atoms with E-state index in [9.17, 15) is 5.11 Å². The zero-order valence-electron chi connectivity index (χ0n) is 13.3. The van der Waals surface area contributed by atoms with Gasteiger partial charge in [0.05, 0.1) is 16.8 Å². The lowest BCUT2D eigenvalue weighted by Gasteiger charge is -2.47. The van der Waals surface area contributed by atoms with Gasteiger partial charge >= 0.3 is 0 Å². The van der Waals surface area contributed by atoms with Crippen molar-refractivity contribution in [3.05, 3.63) is 0 Å². The topological polar surface area (TPSA) is 58.7 Å². The summed E-state index contributed by atoms with van der Waals surface area (Å²) in [5.74, 6) is 0. The Morgan fingerprint density at radius 2 is 1.68 bits per heavy atom. The van der Waals surface area contributed by atoms with Gasteiger partial charge in [0.1, 0.15) is 0 Å². The fourth-order valence-corrected chi connectivity index (χ4v) is 3.05. The third kappa shape index (κ3) is 6.21. The van der Waals surface area contributed by atoms with E-state index in [1.165, 1.54) is 0 Å². The molecular formula is C15H32N2O2. The van der Waals surface area contributed by atoms with Crippen LogP contribution in [0.4, 0.5) is 0 Å². The van der Waals surface area contributed by atoms with Crippen LogP contribution in [0.25, 0.3) is 0 Å². The SMILES string of the molecule is CC(O)(CN)CCCCN1CC(C)(C)OC(C)(C)C1. The third-order valence-electron chi connectivity index (χ3n) is 3.64. The zero-order valence-corrected chi connectivity index (χ0v) is 13.3. The molecule has 4 heteroatoms. The summed E-state index contributed by atoms with van der Waals surface area (Å²) in [5, 5.41) is 9.87. The van der Waals surface area contributed by atoms with Gasteiger partial charge in [-0.25, -0.2) is 0 Å². The summed E-state index contributed by atoms with van der Waals surface area (Å²) in [6.45, 7) is 13.8. The number of ether oxygens (including phenoxy) is 1. The maximum absolute atomic E-state index is 9.87. The van der Waals surface area contributed by atoms with Crippen molar-refractivity contribution in [2.75, 3.05) is 26.2 Å². The molecule has 0 aliphatic carbocycles. The largest absolute Gasteiger partial charge is 0.389 e. The molecule has 1 unspecified atom stereocenters. The first-order valence-corrected chi connectivity index (χ1v) is 7.40. The number of aliphatic hydroxyl groups is 1. The molecule has 0 spiro atoms. The van der Waals surface area contributed by atoms with Crippen LogP contribution in [0.1, 0.15) is 53.9 Å². The van der Waals surface area contributed by atoms with Crippen molar-refractivity contribution in [1.29, 1.82) is 0 Å². The van der Waals surface area contributed by atoms with Crippen LogP contribution in [-0.2, 0) is 4.74 Å². The molecule has 0 aromatic heterocycles. The fourth-order valence-electron chi connectivity index (χ4n) is 3.05. The number of nitrogens with zero attached hydrogens (tertiary/aromatic N) is 1. The molecule has 1 fully saturated rings. The minimum absolute atomic E-state index is 0.0789. The minimum Gasteiger partial charge on any atom is -0.389 e. The van der Waals surface area contributed by atoms with Gasteiger partial charge in [-0.3, -0.25) is 4.90 Å².